The zero-order valence-corrected chi connectivity index (χ0v) is 7.23. The molecule has 0 unspecified atom stereocenters. The van der Waals surface area contributed by atoms with E-state index in [2.05, 4.69) is 0 Å². The Labute approximate surface area is 68.1 Å². The largest absolute Gasteiger partial charge is 0.476 e. The summed E-state index contributed by atoms with van der Waals surface area (Å²) in [5, 5.41) is 1.79. The van der Waals surface area contributed by atoms with Crippen molar-refractivity contribution >= 4 is 15.8 Å². The Hall–Kier alpha value is -0.720. The second-order valence-electron chi connectivity index (χ2n) is 2.42. The quantitative estimate of drug-likeness (QED) is 0.722. The van der Waals surface area contributed by atoms with Crippen LogP contribution in [-0.2, 0) is 14.6 Å². The molecule has 7 heteroatoms. The number of hydrogen-bond acceptors (Lipinski definition) is 3. The molecule has 12 heavy (non-hydrogen) atoms. The minimum absolute atomic E-state index is 0.992. The summed E-state index contributed by atoms with van der Waals surface area (Å²) in [5.41, 5.74) is 0. The molecule has 1 N–H and O–H groups in total. The Balaban J connectivity index is 5.19. The van der Waals surface area contributed by atoms with Crippen molar-refractivity contribution in [2.24, 2.45) is 0 Å². The van der Waals surface area contributed by atoms with Crippen molar-refractivity contribution in [3.05, 3.63) is 0 Å². The number of aliphatic carboxylic acids is 1. The number of sulfone groups is 1. The summed E-state index contributed by atoms with van der Waals surface area (Å²) in [7, 11) is -4.91. The molecule has 0 amide bonds. The van der Waals surface area contributed by atoms with Gasteiger partial charge in [0.2, 0.25) is 9.84 Å². The van der Waals surface area contributed by atoms with Gasteiger partial charge >= 0.3 is 11.2 Å². The summed E-state index contributed by atoms with van der Waals surface area (Å²) in [6.45, 7) is 1.98. The van der Waals surface area contributed by atoms with Gasteiger partial charge in [-0.3, -0.25) is 0 Å². The Bertz CT molecular complexity index is 280. The number of hydrogen-bond donors (Lipinski definition) is 1. The van der Waals surface area contributed by atoms with Gasteiger partial charge in [-0.05, 0) is 13.8 Å². The fourth-order valence-electron chi connectivity index (χ4n) is 0.418. The van der Waals surface area contributed by atoms with Crippen LogP contribution in [0.2, 0.25) is 0 Å². The summed E-state index contributed by atoms with van der Waals surface area (Å²) in [6.07, 6.45) is 0. The molecule has 0 spiro atoms. The smallest absolute Gasteiger partial charge is 0.439 e. The first-order valence-electron chi connectivity index (χ1n) is 2.98. The first-order valence-corrected chi connectivity index (χ1v) is 4.53. The molecule has 0 bridgehead atoms. The predicted molar refractivity (Wildman–Crippen MR) is 36.6 cm³/mol. The van der Waals surface area contributed by atoms with Crippen LogP contribution in [0.4, 0.5) is 8.78 Å². The van der Waals surface area contributed by atoms with Gasteiger partial charge in [-0.2, -0.15) is 8.78 Å². The molecule has 0 aromatic carbocycles. The Kier molecular flexibility index (Phi) is 2.79. The second kappa shape index (κ2) is 2.96. The molecule has 0 atom stereocenters. The average molecular weight is 202 g/mol. The summed E-state index contributed by atoms with van der Waals surface area (Å²) in [6, 6.07) is 0. The SMILES string of the molecule is CC(C)S(=O)(=O)C(F)(F)C(=O)O. The molecule has 0 saturated heterocycles. The fraction of sp³-hybridized carbons (Fsp3) is 0.800. The van der Waals surface area contributed by atoms with Gasteiger partial charge in [-0.25, -0.2) is 13.2 Å². The molecular weight excluding hydrogens is 194 g/mol. The zero-order valence-electron chi connectivity index (χ0n) is 6.41. The van der Waals surface area contributed by atoms with Crippen molar-refractivity contribution in [2.45, 2.75) is 24.4 Å². The van der Waals surface area contributed by atoms with E-state index in [1.165, 1.54) is 0 Å². The normalized spacial score (nSPS) is 13.4. The highest BCUT2D eigenvalue weighted by Crippen LogP contribution is 2.25. The van der Waals surface area contributed by atoms with Crippen molar-refractivity contribution in [3.8, 4) is 0 Å². The van der Waals surface area contributed by atoms with Gasteiger partial charge in [0.05, 0.1) is 5.25 Å². The van der Waals surface area contributed by atoms with Crippen molar-refractivity contribution in [1.29, 1.82) is 0 Å². The maximum absolute atomic E-state index is 12.4. The highest BCUT2D eigenvalue weighted by Gasteiger charge is 2.54. The first-order chi connectivity index (χ1) is 5.14. The number of alkyl halides is 2. The monoisotopic (exact) mass is 202 g/mol. The van der Waals surface area contributed by atoms with E-state index in [0.29, 0.717) is 0 Å². The summed E-state index contributed by atoms with van der Waals surface area (Å²) in [4.78, 5) is 9.84. The molecule has 0 saturated carbocycles. The molecule has 0 aliphatic heterocycles. The van der Waals surface area contributed by atoms with Crippen LogP contribution in [0.15, 0.2) is 0 Å². The van der Waals surface area contributed by atoms with E-state index in [0.717, 1.165) is 13.8 Å². The maximum atomic E-state index is 12.4. The second-order valence-corrected chi connectivity index (χ2v) is 4.96. The van der Waals surface area contributed by atoms with Gasteiger partial charge < -0.3 is 5.11 Å². The molecule has 72 valence electrons. The van der Waals surface area contributed by atoms with E-state index >= 15 is 0 Å². The number of carboxylic acids is 1. The van der Waals surface area contributed by atoms with Crippen LogP contribution in [0.5, 0.6) is 0 Å². The molecule has 0 aliphatic carbocycles. The van der Waals surface area contributed by atoms with Gasteiger partial charge in [0.15, 0.2) is 0 Å². The number of carbonyl (C=O) groups is 1. The van der Waals surface area contributed by atoms with E-state index in [-0.39, 0.29) is 0 Å². The molecule has 0 aromatic heterocycles. The van der Waals surface area contributed by atoms with Crippen LogP contribution in [0.1, 0.15) is 13.8 Å². The van der Waals surface area contributed by atoms with E-state index in [1.807, 2.05) is 0 Å². The molecule has 0 aliphatic rings. The predicted octanol–water partition coefficient (Wildman–Crippen LogP) is 0.487. The maximum Gasteiger partial charge on any atom is 0.439 e. The van der Waals surface area contributed by atoms with Crippen molar-refractivity contribution in [2.75, 3.05) is 0 Å². The van der Waals surface area contributed by atoms with Gasteiger partial charge in [0.1, 0.15) is 0 Å². The lowest BCUT2D eigenvalue weighted by atomic mass is 10.6. The van der Waals surface area contributed by atoms with Gasteiger partial charge in [-0.15, -0.1) is 0 Å². The van der Waals surface area contributed by atoms with Gasteiger partial charge in [-0.1, -0.05) is 0 Å². The summed E-state index contributed by atoms with van der Waals surface area (Å²) in [5.74, 6) is -2.64. The van der Waals surface area contributed by atoms with Gasteiger partial charge in [0.25, 0.3) is 0 Å². The first kappa shape index (κ1) is 11.3. The van der Waals surface area contributed by atoms with Crippen molar-refractivity contribution < 1.29 is 27.1 Å². The lowest BCUT2D eigenvalue weighted by Gasteiger charge is -2.14. The number of halogens is 2. The van der Waals surface area contributed by atoms with Crippen LogP contribution in [0.25, 0.3) is 0 Å². The minimum atomic E-state index is -4.91. The van der Waals surface area contributed by atoms with Crippen molar-refractivity contribution in [3.63, 3.8) is 0 Å². The van der Waals surface area contributed by atoms with Crippen LogP contribution >= 0.6 is 0 Å². The lowest BCUT2D eigenvalue weighted by Crippen LogP contribution is -2.41. The Morgan fingerprint density at radius 1 is 1.42 bits per heavy atom. The lowest BCUT2D eigenvalue weighted by molar-refractivity contribution is -0.153. The van der Waals surface area contributed by atoms with E-state index in [4.69, 9.17) is 5.11 Å². The Morgan fingerprint density at radius 3 is 1.83 bits per heavy atom. The zero-order chi connectivity index (χ0) is 10.2. The van der Waals surface area contributed by atoms with Crippen LogP contribution in [-0.4, -0.2) is 30.0 Å². The van der Waals surface area contributed by atoms with Crippen LogP contribution in [0.3, 0.4) is 0 Å². The highest BCUT2D eigenvalue weighted by molar-refractivity contribution is 7.93. The third-order valence-electron chi connectivity index (χ3n) is 1.23. The third-order valence-corrected chi connectivity index (χ3v) is 3.36. The Morgan fingerprint density at radius 2 is 1.75 bits per heavy atom. The molecule has 0 heterocycles. The summed E-state index contributed by atoms with van der Waals surface area (Å²) < 4.78 is 46.1. The number of carboxylic acid groups (broad SMARTS) is 1. The molecule has 0 fully saturated rings. The van der Waals surface area contributed by atoms with Crippen molar-refractivity contribution in [1.82, 2.24) is 0 Å². The fourth-order valence-corrected chi connectivity index (χ4v) is 1.25. The standard InChI is InChI=1S/C5H8F2O4S/c1-3(2)12(10,11)5(6,7)4(8)9/h3H,1-2H3,(H,8,9). The summed E-state index contributed by atoms with van der Waals surface area (Å²) >= 11 is 0. The highest BCUT2D eigenvalue weighted by atomic mass is 32.2. The molecule has 0 rings (SSSR count). The van der Waals surface area contributed by atoms with E-state index in [1.54, 1.807) is 0 Å². The molecule has 0 aromatic rings. The van der Waals surface area contributed by atoms with Gasteiger partial charge in [0, 0.05) is 0 Å². The number of rotatable bonds is 3. The third kappa shape index (κ3) is 1.55. The van der Waals surface area contributed by atoms with E-state index in [9.17, 15) is 22.0 Å². The average Bonchev–Trinajstić information content (AvgIpc) is 1.86. The van der Waals surface area contributed by atoms with Crippen LogP contribution in [0, 0.1) is 0 Å². The van der Waals surface area contributed by atoms with Crippen LogP contribution < -0.4 is 0 Å². The topological polar surface area (TPSA) is 71.4 Å². The molecular formula is C5H8F2O4S. The van der Waals surface area contributed by atoms with E-state index < -0.39 is 26.3 Å². The minimum Gasteiger partial charge on any atom is -0.476 e. The molecule has 0 radical (unpaired) electrons. The molecule has 4 nitrogen and oxygen atoms in total.